The fourth-order valence-corrected chi connectivity index (χ4v) is 6.97. The summed E-state index contributed by atoms with van der Waals surface area (Å²) in [7, 11) is 0. The Balaban J connectivity index is 1.48. The standard InChI is InChI=1S/C32H37N5O5S/c1-20-6-9-23(10-7-20)37-31-28(30(33-37)32(3,4)5)29(22-8-11-24-25(16-22)42-19-41-24)43-18-27(40)36(31)17-26(39)35-14-12-34(13-15-35)21(2)38/h6-11,16,29H,12-15,17-19H2,1-5H3/t29-/m0/s1. The highest BCUT2D eigenvalue weighted by molar-refractivity contribution is 8.00. The molecule has 0 spiro atoms. The molecule has 1 aromatic heterocycles. The molecule has 0 aliphatic carbocycles. The molecule has 3 aliphatic heterocycles. The largest absolute Gasteiger partial charge is 0.454 e. The Morgan fingerprint density at radius 1 is 0.977 bits per heavy atom. The number of rotatable bonds is 4. The third-order valence-electron chi connectivity index (χ3n) is 8.15. The molecule has 0 bridgehead atoms. The number of hydrogen-bond acceptors (Lipinski definition) is 7. The minimum absolute atomic E-state index is 0.00253. The van der Waals surface area contributed by atoms with Crippen LogP contribution >= 0.6 is 11.8 Å². The Labute approximate surface area is 255 Å². The second kappa shape index (κ2) is 11.3. The van der Waals surface area contributed by atoms with Crippen LogP contribution in [0.25, 0.3) is 5.69 Å². The Morgan fingerprint density at radius 2 is 1.65 bits per heavy atom. The first-order valence-electron chi connectivity index (χ1n) is 14.6. The lowest BCUT2D eigenvalue weighted by molar-refractivity contribution is -0.137. The topological polar surface area (TPSA) is 97.2 Å². The summed E-state index contributed by atoms with van der Waals surface area (Å²) in [5.74, 6) is 1.88. The lowest BCUT2D eigenvalue weighted by Gasteiger charge is -2.35. The van der Waals surface area contributed by atoms with Crippen molar-refractivity contribution in [1.82, 2.24) is 19.6 Å². The number of hydrogen-bond donors (Lipinski definition) is 0. The number of piperazine rings is 1. The van der Waals surface area contributed by atoms with E-state index in [1.54, 1.807) is 21.6 Å². The third kappa shape index (κ3) is 5.58. The Morgan fingerprint density at radius 3 is 2.33 bits per heavy atom. The summed E-state index contributed by atoms with van der Waals surface area (Å²) < 4.78 is 13.1. The van der Waals surface area contributed by atoms with Gasteiger partial charge in [-0.2, -0.15) is 5.10 Å². The third-order valence-corrected chi connectivity index (χ3v) is 9.40. The van der Waals surface area contributed by atoms with Gasteiger partial charge in [0, 0.05) is 44.1 Å². The molecule has 10 nitrogen and oxygen atoms in total. The van der Waals surface area contributed by atoms with Gasteiger partial charge in [-0.1, -0.05) is 44.5 Å². The first-order valence-corrected chi connectivity index (χ1v) is 15.6. The highest BCUT2D eigenvalue weighted by Crippen LogP contribution is 2.50. The molecule has 226 valence electrons. The van der Waals surface area contributed by atoms with Gasteiger partial charge in [-0.3, -0.25) is 19.3 Å². The molecule has 3 amide bonds. The van der Waals surface area contributed by atoms with Gasteiger partial charge in [-0.05, 0) is 36.8 Å². The molecule has 11 heteroatoms. The number of carbonyl (C=O) groups is 3. The van der Waals surface area contributed by atoms with Gasteiger partial charge in [0.05, 0.1) is 22.4 Å². The SMILES string of the molecule is CC(=O)N1CCN(C(=O)CN2C(=O)CS[C@@H](c3ccc4c(c3)OCO4)c3c(C(C)(C)C)nn(-c4ccc(C)cc4)c32)CC1. The van der Waals surface area contributed by atoms with Crippen LogP contribution < -0.4 is 14.4 Å². The van der Waals surface area contributed by atoms with Crippen LogP contribution in [-0.2, 0) is 19.8 Å². The van der Waals surface area contributed by atoms with Crippen molar-refractivity contribution in [2.45, 2.75) is 45.3 Å². The number of ether oxygens (including phenoxy) is 2. The summed E-state index contributed by atoms with van der Waals surface area (Å²) in [6, 6.07) is 13.9. The first-order chi connectivity index (χ1) is 20.5. The van der Waals surface area contributed by atoms with E-state index in [4.69, 9.17) is 14.6 Å². The van der Waals surface area contributed by atoms with Crippen molar-refractivity contribution < 1.29 is 23.9 Å². The van der Waals surface area contributed by atoms with E-state index in [0.717, 1.165) is 28.1 Å². The number of aryl methyl sites for hydroxylation is 1. The molecule has 6 rings (SSSR count). The van der Waals surface area contributed by atoms with E-state index in [-0.39, 0.29) is 47.5 Å². The van der Waals surface area contributed by atoms with E-state index >= 15 is 0 Å². The molecule has 3 aromatic rings. The molecule has 2 aromatic carbocycles. The molecule has 1 saturated heterocycles. The monoisotopic (exact) mass is 603 g/mol. The number of fused-ring (bicyclic) bond motifs is 2. The second-order valence-corrected chi connectivity index (χ2v) is 13.3. The molecular weight excluding hydrogens is 566 g/mol. The maximum absolute atomic E-state index is 14.0. The fourth-order valence-electron chi connectivity index (χ4n) is 5.78. The van der Waals surface area contributed by atoms with Crippen molar-refractivity contribution in [3.05, 3.63) is 64.8 Å². The van der Waals surface area contributed by atoms with Gasteiger partial charge in [0.25, 0.3) is 0 Å². The number of aromatic nitrogens is 2. The van der Waals surface area contributed by atoms with E-state index in [9.17, 15) is 14.4 Å². The molecule has 43 heavy (non-hydrogen) atoms. The zero-order valence-corrected chi connectivity index (χ0v) is 26.1. The van der Waals surface area contributed by atoms with E-state index in [1.165, 1.54) is 11.8 Å². The van der Waals surface area contributed by atoms with Crippen molar-refractivity contribution >= 4 is 35.3 Å². The van der Waals surface area contributed by atoms with E-state index in [1.807, 2.05) is 54.1 Å². The summed E-state index contributed by atoms with van der Waals surface area (Å²) in [5.41, 5.74) is 4.32. The smallest absolute Gasteiger partial charge is 0.242 e. The maximum atomic E-state index is 14.0. The van der Waals surface area contributed by atoms with Crippen molar-refractivity contribution in [1.29, 1.82) is 0 Å². The zero-order chi connectivity index (χ0) is 30.5. The summed E-state index contributed by atoms with van der Waals surface area (Å²) in [6.07, 6.45) is 0. The van der Waals surface area contributed by atoms with Crippen LogP contribution in [0.1, 0.15) is 55.3 Å². The summed E-state index contributed by atoms with van der Waals surface area (Å²) in [6.45, 7) is 11.8. The summed E-state index contributed by atoms with van der Waals surface area (Å²) >= 11 is 1.53. The molecule has 0 radical (unpaired) electrons. The number of amides is 3. The molecule has 4 heterocycles. The Bertz CT molecular complexity index is 1570. The van der Waals surface area contributed by atoms with Crippen molar-refractivity contribution in [3.63, 3.8) is 0 Å². The van der Waals surface area contributed by atoms with Crippen molar-refractivity contribution in [3.8, 4) is 17.2 Å². The fraction of sp³-hybridized carbons (Fsp3) is 0.438. The van der Waals surface area contributed by atoms with Gasteiger partial charge in [-0.15, -0.1) is 11.8 Å². The number of carbonyl (C=O) groups excluding carboxylic acids is 3. The molecular formula is C32H37N5O5S. The minimum Gasteiger partial charge on any atom is -0.454 e. The average Bonchev–Trinajstić information content (AvgIpc) is 3.58. The predicted octanol–water partition coefficient (Wildman–Crippen LogP) is 4.07. The highest BCUT2D eigenvalue weighted by atomic mass is 32.2. The van der Waals surface area contributed by atoms with E-state index in [2.05, 4.69) is 20.8 Å². The van der Waals surface area contributed by atoms with Gasteiger partial charge >= 0.3 is 0 Å². The predicted molar refractivity (Wildman–Crippen MR) is 165 cm³/mol. The lowest BCUT2D eigenvalue weighted by atomic mass is 9.87. The number of nitrogens with zero attached hydrogens (tertiary/aromatic N) is 5. The van der Waals surface area contributed by atoms with Crippen LogP contribution in [0.15, 0.2) is 42.5 Å². The highest BCUT2D eigenvalue weighted by Gasteiger charge is 2.41. The van der Waals surface area contributed by atoms with E-state index < -0.39 is 0 Å². The molecule has 0 unspecified atom stereocenters. The van der Waals surface area contributed by atoms with Crippen molar-refractivity contribution in [2.24, 2.45) is 0 Å². The summed E-state index contributed by atoms with van der Waals surface area (Å²) in [5, 5.41) is 4.94. The molecule has 0 saturated carbocycles. The summed E-state index contributed by atoms with van der Waals surface area (Å²) in [4.78, 5) is 44.7. The van der Waals surface area contributed by atoms with E-state index in [0.29, 0.717) is 43.5 Å². The zero-order valence-electron chi connectivity index (χ0n) is 25.3. The van der Waals surface area contributed by atoms with Crippen LogP contribution in [0, 0.1) is 6.92 Å². The maximum Gasteiger partial charge on any atom is 0.242 e. The Kier molecular flexibility index (Phi) is 7.62. The van der Waals surface area contributed by atoms with Crippen LogP contribution in [0.3, 0.4) is 0 Å². The van der Waals surface area contributed by atoms with Gasteiger partial charge in [0.2, 0.25) is 24.5 Å². The quantitative estimate of drug-likeness (QED) is 0.444. The van der Waals surface area contributed by atoms with Crippen LogP contribution in [0.4, 0.5) is 5.82 Å². The van der Waals surface area contributed by atoms with Gasteiger partial charge in [-0.25, -0.2) is 4.68 Å². The number of benzene rings is 2. The minimum atomic E-state index is -0.360. The molecule has 3 aliphatic rings. The molecule has 1 fully saturated rings. The average molecular weight is 604 g/mol. The van der Waals surface area contributed by atoms with Crippen LogP contribution in [-0.4, -0.2) is 82.6 Å². The molecule has 0 N–H and O–H groups in total. The number of anilines is 1. The molecule has 1 atom stereocenters. The second-order valence-electron chi connectivity index (χ2n) is 12.3. The lowest BCUT2D eigenvalue weighted by Crippen LogP contribution is -2.53. The number of thioether (sulfide) groups is 1. The van der Waals surface area contributed by atoms with Crippen LogP contribution in [0.2, 0.25) is 0 Å². The normalized spacial score (nSPS) is 18.5. The van der Waals surface area contributed by atoms with Gasteiger partial charge in [0.1, 0.15) is 12.4 Å². The van der Waals surface area contributed by atoms with Gasteiger partial charge < -0.3 is 19.3 Å². The van der Waals surface area contributed by atoms with Gasteiger partial charge in [0.15, 0.2) is 11.5 Å². The van der Waals surface area contributed by atoms with Crippen LogP contribution in [0.5, 0.6) is 11.5 Å². The Hall–Kier alpha value is -3.99. The first kappa shape index (κ1) is 29.1. The van der Waals surface area contributed by atoms with Crippen molar-refractivity contribution in [2.75, 3.05) is 50.2 Å².